The fraction of sp³-hybridized carbons (Fsp3) is 0.705. The van der Waals surface area contributed by atoms with Crippen molar-refractivity contribution < 1.29 is 126 Å². The van der Waals surface area contributed by atoms with Crippen molar-refractivity contribution in [2.24, 2.45) is 52.2 Å². The maximum Gasteiger partial charge on any atom is 0.322 e. The molecule has 0 aliphatic carbocycles. The van der Waals surface area contributed by atoms with Crippen LogP contribution in [0.15, 0.2) is 0 Å². The Morgan fingerprint density at radius 3 is 1.08 bits per heavy atom. The van der Waals surface area contributed by atoms with Gasteiger partial charge in [-0.3, -0.25) is 127 Å². The molecule has 37 N–H and O–H groups in total. The fourth-order valence-electron chi connectivity index (χ4n) is 15.7. The summed E-state index contributed by atoms with van der Waals surface area (Å²) < 4.78 is 0. The Hall–Kier alpha value is -14.5. The van der Waals surface area contributed by atoms with Crippen molar-refractivity contribution in [3.05, 3.63) is 0 Å². The van der Waals surface area contributed by atoms with E-state index in [1.54, 1.807) is 41.5 Å². The molecule has 0 aromatic heterocycles. The number of rotatable bonds is 63. The third-order valence-electron chi connectivity index (χ3n) is 23.4. The highest BCUT2D eigenvalue weighted by Gasteiger charge is 2.48. The van der Waals surface area contributed by atoms with E-state index in [2.05, 4.69) is 101 Å². The van der Waals surface area contributed by atoms with Crippen LogP contribution in [0.5, 0.6) is 0 Å². The van der Waals surface area contributed by atoms with Crippen LogP contribution in [-0.4, -0.2) is 351 Å². The molecule has 0 unspecified atom stereocenters. The molecule has 0 bridgehead atoms. The van der Waals surface area contributed by atoms with E-state index < -0.39 is 288 Å². The van der Waals surface area contributed by atoms with E-state index in [9.17, 15) is 111 Å². The van der Waals surface area contributed by atoms with E-state index in [-0.39, 0.29) is 173 Å². The minimum atomic E-state index is -1.95. The van der Waals surface area contributed by atoms with Gasteiger partial charge in [-0.2, -0.15) is 0 Å². The number of hydrogen-bond acceptors (Lipinski definition) is 28. The predicted molar refractivity (Wildman–Crippen MR) is 518 cm³/mol. The summed E-state index contributed by atoms with van der Waals surface area (Å²) in [6, 6.07) is -26.1. The van der Waals surface area contributed by atoms with Gasteiger partial charge in [-0.15, -0.1) is 0 Å². The lowest BCUT2D eigenvalue weighted by Gasteiger charge is -2.35. The van der Waals surface area contributed by atoms with E-state index in [0.717, 1.165) is 20.8 Å². The number of guanidine groups is 3. The Morgan fingerprint density at radius 1 is 0.324 bits per heavy atom. The molecule has 0 aromatic carbocycles. The molecule has 3 fully saturated rings. The first kappa shape index (κ1) is 125. The van der Waals surface area contributed by atoms with Crippen molar-refractivity contribution in [2.75, 3.05) is 52.4 Å². The van der Waals surface area contributed by atoms with E-state index in [0.29, 0.717) is 6.42 Å². The maximum absolute atomic E-state index is 15.1. The van der Waals surface area contributed by atoms with E-state index >= 15 is 9.59 Å². The Kier molecular flexibility index (Phi) is 53.5. The number of carboxylic acid groups (broad SMARTS) is 2. The number of carbonyl (C=O) groups is 23. The van der Waals surface area contributed by atoms with Crippen LogP contribution in [0.4, 0.5) is 0 Å². The van der Waals surface area contributed by atoms with Crippen LogP contribution in [0.25, 0.3) is 0 Å². The van der Waals surface area contributed by atoms with Gasteiger partial charge in [-0.1, -0.05) is 41.5 Å². The molecule has 3 rings (SSSR count). The number of carboxylic acids is 2. The standard InChI is InChI=1S/C88H151N31O26/c1-41(2)35-55(112-70(130)46(9)104-75(135)52(20-14-30-99-87(94)95)110-78(138)56(36-42(3)4)115-80(140)57(37-43(5)6)114-76(136)53(26-28-63(91)122)109-73(133)50(89)25-27-62(90)121)79(139)111-54(21-15-31-100-88(96)97)83(143)118-33-17-23-60(118)85(145)119-34-18-24-61(119)84(144)117-32-16-22-59(117)81(141)106-48(11)72(132)116-67(49(12)120)82(142)107-47(10)71(131)113-58(38-65(124)125)77(137)105-45(8)69(129)108-51(19-13-29-98-86(92)93)74(134)101-39-64(123)103-44(7)68(128)102-40-66(126)127/h41-61,67,120H,13-40,89H2,1-12H3,(H2,90,121)(H2,91,122)(H,101,134)(H,102,128)(H,103,123)(H,104,135)(H,105,137)(H,106,141)(H,107,142)(H,108,129)(H,109,133)(H,110,138)(H,111,139)(H,112,130)(H,113,131)(H,114,136)(H,115,140)(H,116,132)(H,124,125)(H,126,127)(H4,92,93,98)(H4,94,95,99)(H4,96,97,100)/t44-,45-,46-,47-,48-,49+,50-,51-,52-,53-,54-,55-,56-,57-,58-,59-,60-,61-,67-/m0/s1. The van der Waals surface area contributed by atoms with Crippen molar-refractivity contribution in [3.8, 4) is 0 Å². The number of aliphatic hydroxyl groups excluding tert-OH is 1. The van der Waals surface area contributed by atoms with Crippen molar-refractivity contribution in [1.29, 1.82) is 16.2 Å². The molecule has 145 heavy (non-hydrogen) atoms. The monoisotopic (exact) mass is 2060 g/mol. The number of amides is 21. The van der Waals surface area contributed by atoms with Crippen LogP contribution < -0.4 is 135 Å². The quantitative estimate of drug-likeness (QED) is 0.0153. The molecular weight excluding hydrogens is 1910 g/mol. The Bertz CT molecular complexity index is 4600. The average Bonchev–Trinajstić information content (AvgIpc) is 1.64. The van der Waals surface area contributed by atoms with Crippen LogP contribution in [0.2, 0.25) is 0 Å². The number of primary amides is 2. The summed E-state index contributed by atoms with van der Waals surface area (Å²) in [5.74, 6) is -24.2. The lowest BCUT2D eigenvalue weighted by atomic mass is 9.99. The summed E-state index contributed by atoms with van der Waals surface area (Å²) in [5.41, 5.74) is 33.0. The van der Waals surface area contributed by atoms with Gasteiger partial charge in [0, 0.05) is 52.1 Å². The van der Waals surface area contributed by atoms with Gasteiger partial charge >= 0.3 is 11.9 Å². The van der Waals surface area contributed by atoms with Crippen LogP contribution >= 0.6 is 0 Å². The van der Waals surface area contributed by atoms with Gasteiger partial charge in [0.1, 0.15) is 109 Å². The topological polar surface area (TPSA) is 919 Å². The summed E-state index contributed by atoms with van der Waals surface area (Å²) in [7, 11) is 0. The molecule has 57 heteroatoms. The maximum atomic E-state index is 15.1. The first-order valence-corrected chi connectivity index (χ1v) is 48.2. The van der Waals surface area contributed by atoms with Crippen molar-refractivity contribution in [2.45, 2.75) is 326 Å². The highest BCUT2D eigenvalue weighted by atomic mass is 16.4. The van der Waals surface area contributed by atoms with Crippen LogP contribution in [0, 0.1) is 34.0 Å². The smallest absolute Gasteiger partial charge is 0.322 e. The van der Waals surface area contributed by atoms with E-state index in [1.807, 2.05) is 0 Å². The van der Waals surface area contributed by atoms with Crippen LogP contribution in [0.1, 0.15) is 212 Å². The molecule has 21 amide bonds. The molecular formula is C88H151N31O26. The van der Waals surface area contributed by atoms with Gasteiger partial charge in [-0.25, -0.2) is 0 Å². The SMILES string of the molecule is CC(C)C[C@H](NC(=O)[C@H](C)NC(=O)[C@H](CCCNC(=N)N)NC(=O)[C@H](CC(C)C)NC(=O)[C@H](CC(C)C)NC(=O)[C@H](CCC(N)=O)NC(=O)[C@@H](N)CCC(N)=O)C(=O)N[C@@H](CCCNC(=N)N)C(=O)N1CCC[C@H]1C(=O)N1CCC[C@H]1C(=O)N1CCC[C@H]1C(=O)N[C@@H](C)C(=O)N[C@H](C(=O)N[C@@H](C)C(=O)N[C@@H](CC(=O)O)C(=O)N[C@@H](C)C(=O)N[C@@H](CCCNC(=N)N)C(=O)NCC(=O)N[C@@H](C)C(=O)NCC(=O)O)[C@@H](C)O. The highest BCUT2D eigenvalue weighted by Crippen LogP contribution is 2.30. The molecule has 3 aliphatic rings. The van der Waals surface area contributed by atoms with Gasteiger partial charge in [0.05, 0.1) is 25.1 Å². The summed E-state index contributed by atoms with van der Waals surface area (Å²) in [4.78, 5) is 315. The molecule has 3 saturated heterocycles. The summed E-state index contributed by atoms with van der Waals surface area (Å²) in [6.45, 7) is 16.2. The van der Waals surface area contributed by atoms with Gasteiger partial charge < -0.3 is 165 Å². The van der Waals surface area contributed by atoms with Gasteiger partial charge in [0.15, 0.2) is 17.9 Å². The number of nitrogens with two attached hydrogens (primary N) is 6. The van der Waals surface area contributed by atoms with Crippen LogP contribution in [-0.2, 0) is 110 Å². The summed E-state index contributed by atoms with van der Waals surface area (Å²) in [5, 5.41) is 98.8. The summed E-state index contributed by atoms with van der Waals surface area (Å²) in [6.07, 6.45) is -3.04. The molecule has 3 heterocycles. The fourth-order valence-corrected chi connectivity index (χ4v) is 15.7. The third kappa shape index (κ3) is 44.9. The Morgan fingerprint density at radius 2 is 0.648 bits per heavy atom. The number of nitrogens with zero attached hydrogens (tertiary/aromatic N) is 3. The Labute approximate surface area is 838 Å². The number of likely N-dealkylation sites (tertiary alicyclic amines) is 3. The van der Waals surface area contributed by atoms with Crippen molar-refractivity contribution in [1.82, 2.24) is 116 Å². The third-order valence-corrected chi connectivity index (χ3v) is 23.4. The minimum absolute atomic E-state index is 0.00344. The Balaban J connectivity index is 1.80. The second kappa shape index (κ2) is 62.2. The predicted octanol–water partition coefficient (Wildman–Crippen LogP) is -11.2. The van der Waals surface area contributed by atoms with Crippen LogP contribution in [0.3, 0.4) is 0 Å². The zero-order valence-corrected chi connectivity index (χ0v) is 84.0. The first-order chi connectivity index (χ1) is 67.8. The lowest BCUT2D eigenvalue weighted by molar-refractivity contribution is -0.151. The minimum Gasteiger partial charge on any atom is -0.481 e. The van der Waals surface area contributed by atoms with Crippen molar-refractivity contribution >= 4 is 154 Å². The van der Waals surface area contributed by atoms with Gasteiger partial charge in [-0.05, 0) is 168 Å². The zero-order valence-electron chi connectivity index (χ0n) is 84.0. The molecule has 0 radical (unpaired) electrons. The molecule has 3 aliphatic heterocycles. The highest BCUT2D eigenvalue weighted by molar-refractivity contribution is 6.03. The lowest BCUT2D eigenvalue weighted by Crippen LogP contribution is -2.61. The molecule has 0 spiro atoms. The molecule has 814 valence electrons. The van der Waals surface area contributed by atoms with Gasteiger partial charge in [0.2, 0.25) is 124 Å². The second-order valence-electron chi connectivity index (χ2n) is 37.4. The summed E-state index contributed by atoms with van der Waals surface area (Å²) >= 11 is 0. The van der Waals surface area contributed by atoms with Gasteiger partial charge in [0.25, 0.3) is 0 Å². The largest absolute Gasteiger partial charge is 0.481 e. The molecule has 57 nitrogen and oxygen atoms in total. The number of aliphatic hydroxyl groups is 1. The van der Waals surface area contributed by atoms with E-state index in [1.165, 1.54) is 35.5 Å². The average molecular weight is 2060 g/mol. The first-order valence-electron chi connectivity index (χ1n) is 48.2. The number of carbonyl (C=O) groups excluding carboxylic acids is 21. The number of hydrogen-bond donors (Lipinski definition) is 31. The zero-order chi connectivity index (χ0) is 110. The number of aliphatic carboxylic acids is 2. The molecule has 19 atom stereocenters. The second-order valence-corrected chi connectivity index (χ2v) is 37.4. The molecule has 0 aromatic rings. The van der Waals surface area contributed by atoms with Crippen molar-refractivity contribution in [3.63, 3.8) is 0 Å². The normalized spacial score (nSPS) is 17.6. The van der Waals surface area contributed by atoms with E-state index in [4.69, 9.17) is 55.7 Å². The molecule has 0 saturated carbocycles. The number of nitrogens with one attached hydrogen (secondary N) is 22.